The molecule has 0 atom stereocenters. The second-order valence-corrected chi connectivity index (χ2v) is 9.04. The first-order chi connectivity index (χ1) is 15.7. The van der Waals surface area contributed by atoms with Crippen LogP contribution in [0, 0.1) is 5.92 Å². The van der Waals surface area contributed by atoms with Crippen LogP contribution in [0.4, 0.5) is 0 Å². The van der Waals surface area contributed by atoms with Gasteiger partial charge in [0.05, 0.1) is 13.1 Å². The molecule has 0 bridgehead atoms. The summed E-state index contributed by atoms with van der Waals surface area (Å²) in [6.07, 6.45) is 2.94. The molecule has 0 radical (unpaired) electrons. The van der Waals surface area contributed by atoms with Gasteiger partial charge in [0.15, 0.2) is 0 Å². The highest BCUT2D eigenvalue weighted by Crippen LogP contribution is 2.23. The van der Waals surface area contributed by atoms with Crippen molar-refractivity contribution >= 4 is 5.91 Å². The Balaban J connectivity index is 1.14. The topological polar surface area (TPSA) is 34.0 Å². The molecule has 0 aromatic heterocycles. The average molecular weight is 428 g/mol. The lowest BCUT2D eigenvalue weighted by Gasteiger charge is -2.34. The standard InChI is InChI=1S/C28H30N2O2/c31-28(30-18-15-23-8-4-5-9-25(23)21-30)24-13-16-29(17-14-24)20-22-7-6-12-27(19-22)32-26-10-2-1-3-11-26/h1-12,19,24H,13-18,20-21H2/p+1. The first-order valence-corrected chi connectivity index (χ1v) is 11.8. The molecular weight excluding hydrogens is 396 g/mol. The van der Waals surface area contributed by atoms with Gasteiger partial charge >= 0.3 is 0 Å². The zero-order chi connectivity index (χ0) is 21.8. The van der Waals surface area contributed by atoms with Crippen molar-refractivity contribution in [3.8, 4) is 11.5 Å². The van der Waals surface area contributed by atoms with E-state index >= 15 is 0 Å². The van der Waals surface area contributed by atoms with Gasteiger partial charge in [0.2, 0.25) is 5.91 Å². The van der Waals surface area contributed by atoms with Gasteiger partial charge in [-0.25, -0.2) is 0 Å². The van der Waals surface area contributed by atoms with E-state index in [2.05, 4.69) is 47.4 Å². The van der Waals surface area contributed by atoms with Crippen molar-refractivity contribution in [3.63, 3.8) is 0 Å². The number of nitrogens with zero attached hydrogens (tertiary/aromatic N) is 1. The van der Waals surface area contributed by atoms with Crippen LogP contribution in [0.5, 0.6) is 11.5 Å². The number of benzene rings is 3. The van der Waals surface area contributed by atoms with E-state index in [4.69, 9.17) is 4.74 Å². The first-order valence-electron chi connectivity index (χ1n) is 11.8. The number of fused-ring (bicyclic) bond motifs is 1. The van der Waals surface area contributed by atoms with Crippen LogP contribution in [-0.2, 0) is 24.3 Å². The molecule has 1 saturated heterocycles. The van der Waals surface area contributed by atoms with Gasteiger partial charge in [-0.3, -0.25) is 4.79 Å². The van der Waals surface area contributed by atoms with Crippen molar-refractivity contribution in [2.45, 2.75) is 32.4 Å². The molecule has 4 nitrogen and oxygen atoms in total. The molecule has 1 amide bonds. The summed E-state index contributed by atoms with van der Waals surface area (Å²) < 4.78 is 5.99. The minimum atomic E-state index is 0.178. The highest BCUT2D eigenvalue weighted by Gasteiger charge is 2.31. The Bertz CT molecular complexity index is 1060. The van der Waals surface area contributed by atoms with Gasteiger partial charge in [-0.2, -0.15) is 0 Å². The summed E-state index contributed by atoms with van der Waals surface area (Å²) in [5.74, 6) is 2.27. The fourth-order valence-electron chi connectivity index (χ4n) is 5.02. The van der Waals surface area contributed by atoms with Gasteiger partial charge in [-0.15, -0.1) is 0 Å². The van der Waals surface area contributed by atoms with Crippen molar-refractivity contribution in [1.29, 1.82) is 0 Å². The second-order valence-electron chi connectivity index (χ2n) is 9.04. The minimum Gasteiger partial charge on any atom is -0.457 e. The quantitative estimate of drug-likeness (QED) is 0.671. The van der Waals surface area contributed by atoms with E-state index in [1.165, 1.54) is 16.7 Å². The lowest BCUT2D eigenvalue weighted by atomic mass is 9.93. The van der Waals surface area contributed by atoms with Crippen LogP contribution < -0.4 is 9.64 Å². The van der Waals surface area contributed by atoms with Crippen LogP contribution in [0.25, 0.3) is 0 Å². The number of rotatable bonds is 5. The predicted octanol–water partition coefficient (Wildman–Crippen LogP) is 3.86. The Labute approximate surface area is 190 Å². The maximum atomic E-state index is 13.1. The van der Waals surface area contributed by atoms with Crippen LogP contribution >= 0.6 is 0 Å². The number of carbonyl (C=O) groups excluding carboxylic acids is 1. The van der Waals surface area contributed by atoms with E-state index in [0.29, 0.717) is 5.91 Å². The summed E-state index contributed by atoms with van der Waals surface area (Å²) in [6.45, 7) is 4.70. The van der Waals surface area contributed by atoms with E-state index in [-0.39, 0.29) is 5.92 Å². The number of carbonyl (C=O) groups is 1. The van der Waals surface area contributed by atoms with Crippen molar-refractivity contribution in [2.75, 3.05) is 19.6 Å². The third-order valence-corrected chi connectivity index (χ3v) is 6.82. The molecule has 32 heavy (non-hydrogen) atoms. The Kier molecular flexibility index (Phi) is 6.22. The predicted molar refractivity (Wildman–Crippen MR) is 126 cm³/mol. The second kappa shape index (κ2) is 9.58. The van der Waals surface area contributed by atoms with E-state index in [1.54, 1.807) is 4.90 Å². The summed E-state index contributed by atoms with van der Waals surface area (Å²) in [5, 5.41) is 0. The molecule has 3 aromatic carbocycles. The third-order valence-electron chi connectivity index (χ3n) is 6.82. The average Bonchev–Trinajstić information content (AvgIpc) is 2.85. The molecule has 1 N–H and O–H groups in total. The highest BCUT2D eigenvalue weighted by atomic mass is 16.5. The third kappa shape index (κ3) is 4.86. The van der Waals surface area contributed by atoms with Gasteiger partial charge in [-0.05, 0) is 41.8 Å². The number of quaternary nitrogens is 1. The number of hydrogen-bond acceptors (Lipinski definition) is 2. The highest BCUT2D eigenvalue weighted by molar-refractivity contribution is 5.79. The number of nitrogens with one attached hydrogen (secondary N) is 1. The number of amides is 1. The monoisotopic (exact) mass is 427 g/mol. The van der Waals surface area contributed by atoms with Gasteiger partial charge in [0.1, 0.15) is 18.0 Å². The van der Waals surface area contributed by atoms with Crippen LogP contribution in [-0.4, -0.2) is 30.4 Å². The fraction of sp³-hybridized carbons (Fsp3) is 0.321. The minimum absolute atomic E-state index is 0.178. The van der Waals surface area contributed by atoms with Crippen molar-refractivity contribution < 1.29 is 14.4 Å². The molecular formula is C28H31N2O2+. The van der Waals surface area contributed by atoms with Crippen LogP contribution in [0.2, 0.25) is 0 Å². The summed E-state index contributed by atoms with van der Waals surface area (Å²) >= 11 is 0. The molecule has 2 aliphatic rings. The Hall–Kier alpha value is -3.11. The normalized spacial score (nSPS) is 20.4. The maximum Gasteiger partial charge on any atom is 0.226 e. The molecule has 2 aliphatic heterocycles. The van der Waals surface area contributed by atoms with Crippen molar-refractivity contribution in [2.24, 2.45) is 5.92 Å². The molecule has 0 unspecified atom stereocenters. The molecule has 0 aliphatic carbocycles. The smallest absolute Gasteiger partial charge is 0.226 e. The molecule has 2 heterocycles. The Morgan fingerprint density at radius 3 is 2.41 bits per heavy atom. The van der Waals surface area contributed by atoms with Gasteiger partial charge in [0.25, 0.3) is 0 Å². The molecule has 0 saturated carbocycles. The van der Waals surface area contributed by atoms with Gasteiger partial charge in [0, 0.05) is 37.4 Å². The van der Waals surface area contributed by atoms with Crippen molar-refractivity contribution in [1.82, 2.24) is 4.90 Å². The molecule has 3 aromatic rings. The lowest BCUT2D eigenvalue weighted by Crippen LogP contribution is -3.11. The first kappa shape index (κ1) is 20.8. The molecule has 1 fully saturated rings. The SMILES string of the molecule is O=C(C1CC[NH+](Cc2cccc(Oc3ccccc3)c2)CC1)N1CCc2ccccc2C1. The van der Waals surface area contributed by atoms with E-state index in [0.717, 1.165) is 63.5 Å². The number of para-hydroxylation sites is 1. The van der Waals surface area contributed by atoms with E-state index in [9.17, 15) is 4.79 Å². The number of hydrogen-bond donors (Lipinski definition) is 1. The zero-order valence-corrected chi connectivity index (χ0v) is 18.5. The van der Waals surface area contributed by atoms with E-state index in [1.807, 2.05) is 36.4 Å². The Morgan fingerprint density at radius 1 is 0.875 bits per heavy atom. The summed E-state index contributed by atoms with van der Waals surface area (Å²) in [5.41, 5.74) is 3.99. The summed E-state index contributed by atoms with van der Waals surface area (Å²) in [4.78, 5) is 16.8. The van der Waals surface area contributed by atoms with Crippen molar-refractivity contribution in [3.05, 3.63) is 95.6 Å². The number of likely N-dealkylation sites (tertiary alicyclic amines) is 1. The van der Waals surface area contributed by atoms with Gasteiger partial charge < -0.3 is 14.5 Å². The molecule has 164 valence electrons. The van der Waals surface area contributed by atoms with Crippen LogP contribution in [0.15, 0.2) is 78.9 Å². The molecule has 4 heteroatoms. The number of piperidine rings is 1. The lowest BCUT2D eigenvalue weighted by molar-refractivity contribution is -0.919. The maximum absolute atomic E-state index is 13.1. The number of ether oxygens (including phenoxy) is 1. The summed E-state index contributed by atoms with van der Waals surface area (Å²) in [7, 11) is 0. The van der Waals surface area contributed by atoms with E-state index < -0.39 is 0 Å². The largest absolute Gasteiger partial charge is 0.457 e. The van der Waals surface area contributed by atoms with Crippen LogP contribution in [0.1, 0.15) is 29.5 Å². The van der Waals surface area contributed by atoms with Gasteiger partial charge in [-0.1, -0.05) is 54.6 Å². The van der Waals surface area contributed by atoms with Crippen LogP contribution in [0.3, 0.4) is 0 Å². The summed E-state index contributed by atoms with van der Waals surface area (Å²) in [6, 6.07) is 26.8. The molecule has 5 rings (SSSR count). The fourth-order valence-corrected chi connectivity index (χ4v) is 5.02. The zero-order valence-electron chi connectivity index (χ0n) is 18.5. The molecule has 0 spiro atoms. The Morgan fingerprint density at radius 2 is 1.59 bits per heavy atom.